The minimum absolute atomic E-state index is 0.0531. The van der Waals surface area contributed by atoms with Gasteiger partial charge in [-0.25, -0.2) is 4.31 Å². The molecule has 1 amide bonds. The van der Waals surface area contributed by atoms with Gasteiger partial charge in [-0.05, 0) is 37.6 Å². The van der Waals surface area contributed by atoms with Gasteiger partial charge in [-0.2, -0.15) is 13.5 Å². The number of carbonyl (C=O) groups is 1. The van der Waals surface area contributed by atoms with Crippen LogP contribution >= 0.6 is 11.6 Å². The van der Waals surface area contributed by atoms with Crippen molar-refractivity contribution in [3.63, 3.8) is 0 Å². The molecule has 3 rings (SSSR count). The third kappa shape index (κ3) is 3.60. The number of nitrogens with one attached hydrogen (secondary N) is 1. The second kappa shape index (κ2) is 6.82. The van der Waals surface area contributed by atoms with E-state index in [4.69, 9.17) is 11.6 Å². The van der Waals surface area contributed by atoms with E-state index in [1.54, 1.807) is 50.0 Å². The molecule has 1 aliphatic heterocycles. The number of hydrogen-bond acceptors (Lipinski definition) is 4. The summed E-state index contributed by atoms with van der Waals surface area (Å²) in [5.74, 6) is -0.583. The third-order valence-electron chi connectivity index (χ3n) is 4.21. The van der Waals surface area contributed by atoms with Crippen LogP contribution in [-0.4, -0.2) is 41.2 Å². The summed E-state index contributed by atoms with van der Waals surface area (Å²) in [7, 11) is -1.04. The number of rotatable bonds is 3. The molecule has 1 N–H and O–H groups in total. The Balaban J connectivity index is 2.02. The molecule has 1 aromatic heterocycles. The quantitative estimate of drug-likeness (QED) is 0.843. The van der Waals surface area contributed by atoms with Crippen LogP contribution in [0.15, 0.2) is 40.6 Å². The Bertz CT molecular complexity index is 1100. The van der Waals surface area contributed by atoms with Gasteiger partial charge < -0.3 is 5.32 Å². The molecule has 1 aromatic carbocycles. The van der Waals surface area contributed by atoms with Crippen molar-refractivity contribution in [2.75, 3.05) is 12.4 Å². The van der Waals surface area contributed by atoms with Crippen molar-refractivity contribution < 1.29 is 13.2 Å². The van der Waals surface area contributed by atoms with Gasteiger partial charge in [0.1, 0.15) is 5.70 Å². The maximum Gasteiger partial charge on any atom is 0.345 e. The molecule has 2 heterocycles. The molecule has 0 aliphatic carbocycles. The van der Waals surface area contributed by atoms with Crippen LogP contribution in [-0.2, 0) is 22.1 Å². The highest BCUT2D eigenvalue weighted by atomic mass is 35.5. The number of anilines is 1. The molecular formula is C17H18ClN5O3S. The maximum absolute atomic E-state index is 12.8. The van der Waals surface area contributed by atoms with E-state index in [1.165, 1.54) is 13.1 Å². The average Bonchev–Trinajstić information content (AvgIpc) is 2.92. The molecule has 0 fully saturated rings. The van der Waals surface area contributed by atoms with Crippen LogP contribution in [0.2, 0.25) is 5.02 Å². The Morgan fingerprint density at radius 2 is 1.93 bits per heavy atom. The number of likely N-dealkylation sites (N-methyl/N-ethyl adjacent to an activating group) is 1. The molecule has 27 heavy (non-hydrogen) atoms. The number of aromatic nitrogens is 2. The summed E-state index contributed by atoms with van der Waals surface area (Å²) in [5, 5.41) is 7.40. The molecule has 0 saturated heterocycles. The molecule has 0 radical (unpaired) electrons. The molecule has 0 spiro atoms. The number of amides is 1. The molecule has 142 valence electrons. The number of nitrogens with zero attached hydrogens (tertiary/aromatic N) is 4. The van der Waals surface area contributed by atoms with Gasteiger partial charge in [0.15, 0.2) is 0 Å². The highest BCUT2D eigenvalue weighted by Crippen LogP contribution is 2.25. The first-order valence-electron chi connectivity index (χ1n) is 7.98. The Hall–Kier alpha value is -2.65. The van der Waals surface area contributed by atoms with Crippen molar-refractivity contribution in [3.8, 4) is 0 Å². The first kappa shape index (κ1) is 19.1. The summed E-state index contributed by atoms with van der Waals surface area (Å²) in [6, 6.07) is 5.10. The molecule has 2 aromatic rings. The largest absolute Gasteiger partial charge is 0.345 e. The first-order chi connectivity index (χ1) is 12.6. The predicted molar refractivity (Wildman–Crippen MR) is 104 cm³/mol. The smallest absolute Gasteiger partial charge is 0.320 e. The van der Waals surface area contributed by atoms with Crippen molar-refractivity contribution >= 4 is 39.1 Å². The van der Waals surface area contributed by atoms with Crippen LogP contribution in [0.4, 0.5) is 5.69 Å². The van der Waals surface area contributed by atoms with Gasteiger partial charge in [-0.1, -0.05) is 17.7 Å². The molecule has 0 saturated carbocycles. The van der Waals surface area contributed by atoms with Gasteiger partial charge in [0.05, 0.1) is 11.4 Å². The zero-order chi connectivity index (χ0) is 19.9. The van der Waals surface area contributed by atoms with Crippen LogP contribution in [0.25, 0.3) is 0 Å². The predicted octanol–water partition coefficient (Wildman–Crippen LogP) is 2.19. The fourth-order valence-electron chi connectivity index (χ4n) is 2.67. The zero-order valence-electron chi connectivity index (χ0n) is 15.2. The van der Waals surface area contributed by atoms with Gasteiger partial charge >= 0.3 is 10.2 Å². The van der Waals surface area contributed by atoms with Crippen LogP contribution in [0.3, 0.4) is 0 Å². The van der Waals surface area contributed by atoms with Crippen molar-refractivity contribution in [2.24, 2.45) is 11.4 Å². The van der Waals surface area contributed by atoms with E-state index in [1.807, 2.05) is 0 Å². The molecule has 1 aliphatic rings. The van der Waals surface area contributed by atoms with Crippen molar-refractivity contribution in [3.05, 3.63) is 58.0 Å². The van der Waals surface area contributed by atoms with E-state index < -0.39 is 16.1 Å². The molecule has 0 atom stereocenters. The van der Waals surface area contributed by atoms with Crippen LogP contribution in [0, 0.1) is 13.8 Å². The molecule has 0 unspecified atom stereocenters. The number of aryl methyl sites for hydroxylation is 2. The van der Waals surface area contributed by atoms with Crippen molar-refractivity contribution in [1.82, 2.24) is 14.1 Å². The van der Waals surface area contributed by atoms with Crippen LogP contribution in [0.1, 0.15) is 16.8 Å². The summed E-state index contributed by atoms with van der Waals surface area (Å²) in [4.78, 5) is 12.8. The van der Waals surface area contributed by atoms with Gasteiger partial charge in [0, 0.05) is 36.6 Å². The van der Waals surface area contributed by atoms with Gasteiger partial charge in [0.2, 0.25) is 0 Å². The minimum Gasteiger partial charge on any atom is -0.320 e. The lowest BCUT2D eigenvalue weighted by Crippen LogP contribution is -2.35. The van der Waals surface area contributed by atoms with Crippen LogP contribution < -0.4 is 5.32 Å². The van der Waals surface area contributed by atoms with E-state index in [2.05, 4.69) is 14.8 Å². The fourth-order valence-corrected chi connectivity index (χ4v) is 3.75. The van der Waals surface area contributed by atoms with E-state index in [0.29, 0.717) is 27.5 Å². The SMILES string of the molecule is Cc1nn(C)cc1C1=NS(=O)(=O)N(C)C(C(=O)Nc2cccc(Cl)c2C)=C1. The Kier molecular flexibility index (Phi) is 4.83. The normalized spacial score (nSPS) is 16.0. The minimum atomic E-state index is -4.04. The summed E-state index contributed by atoms with van der Waals surface area (Å²) in [6.45, 7) is 3.51. The van der Waals surface area contributed by atoms with Crippen molar-refractivity contribution in [2.45, 2.75) is 13.8 Å². The number of allylic oxidation sites excluding steroid dienone is 1. The molecule has 10 heteroatoms. The van der Waals surface area contributed by atoms with E-state index in [-0.39, 0.29) is 11.4 Å². The average molecular weight is 408 g/mol. The lowest BCUT2D eigenvalue weighted by atomic mass is 10.1. The molecule has 0 bridgehead atoms. The van der Waals surface area contributed by atoms with E-state index in [9.17, 15) is 13.2 Å². The zero-order valence-corrected chi connectivity index (χ0v) is 16.8. The second-order valence-electron chi connectivity index (χ2n) is 6.12. The summed E-state index contributed by atoms with van der Waals surface area (Å²) < 4.78 is 31.1. The Morgan fingerprint density at radius 3 is 2.56 bits per heavy atom. The Labute approximate surface area is 162 Å². The van der Waals surface area contributed by atoms with Gasteiger partial charge in [0.25, 0.3) is 5.91 Å². The highest BCUT2D eigenvalue weighted by molar-refractivity contribution is 7.88. The van der Waals surface area contributed by atoms with E-state index >= 15 is 0 Å². The summed E-state index contributed by atoms with van der Waals surface area (Å²) in [6.07, 6.45) is 3.09. The monoisotopic (exact) mass is 407 g/mol. The fraction of sp³-hybridized carbons (Fsp3) is 0.235. The number of carbonyl (C=O) groups excluding carboxylic acids is 1. The maximum atomic E-state index is 12.8. The number of hydrogen-bond donors (Lipinski definition) is 1. The lowest BCUT2D eigenvalue weighted by molar-refractivity contribution is -0.113. The lowest BCUT2D eigenvalue weighted by Gasteiger charge is -2.23. The Morgan fingerprint density at radius 1 is 1.22 bits per heavy atom. The van der Waals surface area contributed by atoms with Crippen molar-refractivity contribution in [1.29, 1.82) is 0 Å². The summed E-state index contributed by atoms with van der Waals surface area (Å²) in [5.41, 5.74) is 2.44. The third-order valence-corrected chi connectivity index (χ3v) is 5.94. The van der Waals surface area contributed by atoms with Crippen LogP contribution in [0.5, 0.6) is 0 Å². The van der Waals surface area contributed by atoms with Gasteiger partial charge in [-0.3, -0.25) is 9.48 Å². The van der Waals surface area contributed by atoms with E-state index in [0.717, 1.165) is 4.31 Å². The van der Waals surface area contributed by atoms with Gasteiger partial charge in [-0.15, -0.1) is 4.40 Å². The molecular weight excluding hydrogens is 390 g/mol. The number of halogens is 1. The number of benzene rings is 1. The topological polar surface area (TPSA) is 96.7 Å². The standard InChI is InChI=1S/C17H18ClN5O3S/c1-10-13(18)6-5-7-14(10)19-17(24)16-8-15(21-27(25,26)23(16)4)12-9-22(3)20-11(12)2/h5-9H,1-4H3,(H,19,24). The second-order valence-corrected chi connectivity index (χ2v) is 8.15. The first-order valence-corrected chi connectivity index (χ1v) is 9.75. The molecule has 8 nitrogen and oxygen atoms in total. The summed E-state index contributed by atoms with van der Waals surface area (Å²) >= 11 is 6.08. The highest BCUT2D eigenvalue weighted by Gasteiger charge is 2.31.